The Balaban J connectivity index is 1.75. The summed E-state index contributed by atoms with van der Waals surface area (Å²) in [4.78, 5) is 30.1. The molecule has 2 aromatic rings. The highest BCUT2D eigenvalue weighted by Crippen LogP contribution is 2.15. The maximum absolute atomic E-state index is 12.4. The van der Waals surface area contributed by atoms with Crippen molar-refractivity contribution in [3.63, 3.8) is 0 Å². The molecule has 0 spiro atoms. The summed E-state index contributed by atoms with van der Waals surface area (Å²) in [6.07, 6.45) is 3.78. The largest absolute Gasteiger partial charge is 0.360 e. The normalized spacial score (nSPS) is 18.7. The molecule has 1 aliphatic rings. The number of hydrogen-bond acceptors (Lipinski definition) is 3. The summed E-state index contributed by atoms with van der Waals surface area (Å²) in [6, 6.07) is 7.61. The van der Waals surface area contributed by atoms with E-state index in [2.05, 4.69) is 22.1 Å². The lowest BCUT2D eigenvalue weighted by atomic mass is 10.1. The van der Waals surface area contributed by atoms with Crippen LogP contribution in [0.15, 0.2) is 35.3 Å². The second-order valence-corrected chi connectivity index (χ2v) is 5.71. The first-order chi connectivity index (χ1) is 10.7. The van der Waals surface area contributed by atoms with Crippen LogP contribution in [0.4, 0.5) is 0 Å². The number of likely N-dealkylation sites (N-methyl/N-ethyl adjacent to an activating group) is 1. The van der Waals surface area contributed by atoms with Crippen molar-refractivity contribution in [2.75, 3.05) is 19.6 Å². The molecule has 3 rings (SSSR count). The van der Waals surface area contributed by atoms with Gasteiger partial charge in [0.1, 0.15) is 5.56 Å². The summed E-state index contributed by atoms with van der Waals surface area (Å²) in [6.45, 7) is 4.82. The number of benzene rings is 1. The number of nitrogens with zero attached hydrogens (tertiary/aromatic N) is 1. The van der Waals surface area contributed by atoms with Gasteiger partial charge in [-0.2, -0.15) is 0 Å². The number of hydrogen-bond donors (Lipinski definition) is 2. The van der Waals surface area contributed by atoms with E-state index in [1.807, 2.05) is 12.1 Å². The van der Waals surface area contributed by atoms with E-state index < -0.39 is 0 Å². The van der Waals surface area contributed by atoms with Gasteiger partial charge in [-0.3, -0.25) is 14.5 Å². The van der Waals surface area contributed by atoms with Crippen molar-refractivity contribution in [2.24, 2.45) is 0 Å². The summed E-state index contributed by atoms with van der Waals surface area (Å²) in [5.74, 6) is -0.296. The maximum atomic E-state index is 12.4. The molecule has 2 heterocycles. The van der Waals surface area contributed by atoms with Crippen molar-refractivity contribution < 1.29 is 4.79 Å². The van der Waals surface area contributed by atoms with E-state index in [0.29, 0.717) is 18.0 Å². The van der Waals surface area contributed by atoms with Gasteiger partial charge in [-0.05, 0) is 38.1 Å². The number of nitrogens with one attached hydrogen (secondary N) is 2. The zero-order valence-electron chi connectivity index (χ0n) is 12.8. The van der Waals surface area contributed by atoms with Gasteiger partial charge < -0.3 is 10.3 Å². The summed E-state index contributed by atoms with van der Waals surface area (Å²) in [5.41, 5.74) is 0.711. The van der Waals surface area contributed by atoms with Gasteiger partial charge >= 0.3 is 0 Å². The van der Waals surface area contributed by atoms with Gasteiger partial charge in [0.15, 0.2) is 0 Å². The molecule has 22 heavy (non-hydrogen) atoms. The van der Waals surface area contributed by atoms with Crippen LogP contribution in [0, 0.1) is 0 Å². The van der Waals surface area contributed by atoms with Gasteiger partial charge in [0.25, 0.3) is 5.91 Å². The molecule has 1 atom stereocenters. The number of para-hydroxylation sites is 1. The van der Waals surface area contributed by atoms with Crippen molar-refractivity contribution in [1.82, 2.24) is 15.2 Å². The molecule has 5 nitrogen and oxygen atoms in total. The summed E-state index contributed by atoms with van der Waals surface area (Å²) in [7, 11) is 0. The summed E-state index contributed by atoms with van der Waals surface area (Å²) < 4.78 is 0. The molecule has 1 aromatic heterocycles. The third-order valence-corrected chi connectivity index (χ3v) is 4.44. The van der Waals surface area contributed by atoms with E-state index in [9.17, 15) is 9.59 Å². The summed E-state index contributed by atoms with van der Waals surface area (Å²) in [5, 5.41) is 3.46. The van der Waals surface area contributed by atoms with E-state index in [0.717, 1.165) is 25.0 Å². The van der Waals surface area contributed by atoms with Crippen molar-refractivity contribution in [2.45, 2.75) is 25.8 Å². The Hall–Kier alpha value is -2.14. The molecule has 0 aliphatic carbocycles. The van der Waals surface area contributed by atoms with E-state index >= 15 is 0 Å². The first kappa shape index (κ1) is 14.8. The van der Waals surface area contributed by atoms with Gasteiger partial charge in [0, 0.05) is 29.7 Å². The molecule has 1 amide bonds. The Kier molecular flexibility index (Phi) is 4.24. The lowest BCUT2D eigenvalue weighted by Crippen LogP contribution is -2.41. The average Bonchev–Trinajstić information content (AvgIpc) is 3.01. The molecule has 1 saturated heterocycles. The van der Waals surface area contributed by atoms with Crippen LogP contribution in [0.3, 0.4) is 0 Å². The second kappa shape index (κ2) is 6.32. The Morgan fingerprint density at radius 3 is 3.05 bits per heavy atom. The molecule has 0 radical (unpaired) electrons. The lowest BCUT2D eigenvalue weighted by Gasteiger charge is -2.22. The second-order valence-electron chi connectivity index (χ2n) is 5.71. The fourth-order valence-electron chi connectivity index (χ4n) is 3.18. The Morgan fingerprint density at radius 2 is 2.23 bits per heavy atom. The minimum absolute atomic E-state index is 0.180. The highest BCUT2D eigenvalue weighted by molar-refractivity contribution is 5.97. The number of carbonyl (C=O) groups is 1. The highest BCUT2D eigenvalue weighted by atomic mass is 16.2. The quantitative estimate of drug-likeness (QED) is 0.904. The third kappa shape index (κ3) is 2.76. The van der Waals surface area contributed by atoms with Crippen molar-refractivity contribution in [1.29, 1.82) is 0 Å². The monoisotopic (exact) mass is 299 g/mol. The topological polar surface area (TPSA) is 65.2 Å². The molecule has 0 saturated carbocycles. The van der Waals surface area contributed by atoms with Crippen LogP contribution in [0.2, 0.25) is 0 Å². The Labute approximate surface area is 129 Å². The van der Waals surface area contributed by atoms with Gasteiger partial charge in [0.2, 0.25) is 5.43 Å². The van der Waals surface area contributed by atoms with Crippen LogP contribution in [-0.4, -0.2) is 41.5 Å². The number of H-pyrrole nitrogens is 1. The number of likely N-dealkylation sites (tertiary alicyclic amines) is 1. The predicted molar refractivity (Wildman–Crippen MR) is 87.2 cm³/mol. The molecule has 1 aliphatic heterocycles. The first-order valence-corrected chi connectivity index (χ1v) is 7.83. The number of amides is 1. The number of carbonyl (C=O) groups excluding carboxylic acids is 1. The van der Waals surface area contributed by atoms with Gasteiger partial charge in [-0.25, -0.2) is 0 Å². The van der Waals surface area contributed by atoms with Crippen LogP contribution in [0.25, 0.3) is 10.9 Å². The first-order valence-electron chi connectivity index (χ1n) is 7.83. The minimum atomic E-state index is -0.296. The molecule has 0 bridgehead atoms. The van der Waals surface area contributed by atoms with E-state index in [1.165, 1.54) is 12.6 Å². The molecular weight excluding hydrogens is 278 g/mol. The third-order valence-electron chi connectivity index (χ3n) is 4.44. The van der Waals surface area contributed by atoms with Crippen molar-refractivity contribution >= 4 is 16.8 Å². The molecular formula is C17H21N3O2. The molecule has 1 unspecified atom stereocenters. The SMILES string of the molecule is CCN1CCCC1CNC(=O)c1c[nH]c2ccccc2c1=O. The zero-order chi connectivity index (χ0) is 15.5. The molecule has 5 heteroatoms. The standard InChI is InChI=1S/C17H21N3O2/c1-2-20-9-5-6-12(20)10-19-17(22)14-11-18-15-8-4-3-7-13(15)16(14)21/h3-4,7-8,11-12H,2,5-6,9-10H2,1H3,(H,18,21)(H,19,22). The van der Waals surface area contributed by atoms with Gasteiger partial charge in [-0.1, -0.05) is 19.1 Å². The summed E-state index contributed by atoms with van der Waals surface area (Å²) >= 11 is 0. The fourth-order valence-corrected chi connectivity index (χ4v) is 3.18. The van der Waals surface area contributed by atoms with Crippen molar-refractivity contribution in [3.8, 4) is 0 Å². The van der Waals surface area contributed by atoms with Gasteiger partial charge in [-0.15, -0.1) is 0 Å². The average molecular weight is 299 g/mol. The minimum Gasteiger partial charge on any atom is -0.360 e. The van der Waals surface area contributed by atoms with Crippen LogP contribution in [0.1, 0.15) is 30.1 Å². The predicted octanol–water partition coefficient (Wildman–Crippen LogP) is 1.74. The van der Waals surface area contributed by atoms with Crippen LogP contribution in [0.5, 0.6) is 0 Å². The Morgan fingerprint density at radius 1 is 1.41 bits per heavy atom. The van der Waals surface area contributed by atoms with Gasteiger partial charge in [0.05, 0.1) is 0 Å². The fraction of sp³-hybridized carbons (Fsp3) is 0.412. The number of pyridine rings is 1. The van der Waals surface area contributed by atoms with E-state index in [-0.39, 0.29) is 16.9 Å². The van der Waals surface area contributed by atoms with Crippen LogP contribution >= 0.6 is 0 Å². The number of aromatic amines is 1. The number of fused-ring (bicyclic) bond motifs is 1. The van der Waals surface area contributed by atoms with Crippen molar-refractivity contribution in [3.05, 3.63) is 46.2 Å². The van der Waals surface area contributed by atoms with Crippen LogP contribution in [-0.2, 0) is 0 Å². The smallest absolute Gasteiger partial charge is 0.256 e. The van der Waals surface area contributed by atoms with Crippen LogP contribution < -0.4 is 10.7 Å². The number of rotatable bonds is 4. The highest BCUT2D eigenvalue weighted by Gasteiger charge is 2.23. The lowest BCUT2D eigenvalue weighted by molar-refractivity contribution is 0.0940. The molecule has 1 fully saturated rings. The number of aromatic nitrogens is 1. The maximum Gasteiger partial charge on any atom is 0.256 e. The Bertz CT molecular complexity index is 738. The molecule has 2 N–H and O–H groups in total. The molecule has 1 aromatic carbocycles. The van der Waals surface area contributed by atoms with E-state index in [1.54, 1.807) is 12.1 Å². The zero-order valence-corrected chi connectivity index (χ0v) is 12.8. The van der Waals surface area contributed by atoms with E-state index in [4.69, 9.17) is 0 Å². The molecule has 116 valence electrons.